The molecule has 0 spiro atoms. The molecule has 2 aromatic rings. The van der Waals surface area contributed by atoms with Gasteiger partial charge >= 0.3 is 0 Å². The van der Waals surface area contributed by atoms with Crippen LogP contribution in [0.15, 0.2) is 18.2 Å². The van der Waals surface area contributed by atoms with Crippen LogP contribution in [0, 0.1) is 12.8 Å². The van der Waals surface area contributed by atoms with Gasteiger partial charge in [-0.1, -0.05) is 12.1 Å². The molecule has 0 aliphatic carbocycles. The first-order valence-electron chi connectivity index (χ1n) is 7.98. The molecule has 23 heavy (non-hydrogen) atoms. The topological polar surface area (TPSA) is 59.0 Å². The monoisotopic (exact) mass is 336 g/mol. The van der Waals surface area contributed by atoms with E-state index in [2.05, 4.69) is 40.1 Å². The lowest BCUT2D eigenvalue weighted by atomic mass is 9.92. The van der Waals surface area contributed by atoms with Crippen molar-refractivity contribution in [1.29, 1.82) is 0 Å². The van der Waals surface area contributed by atoms with Gasteiger partial charge in [-0.2, -0.15) is 0 Å². The van der Waals surface area contributed by atoms with Gasteiger partial charge in [-0.05, 0) is 44.9 Å². The maximum absolute atomic E-state index is 12.3. The predicted octanol–water partition coefficient (Wildman–Crippen LogP) is 2.31. The smallest absolute Gasteiger partial charge is 0.223 e. The Morgan fingerprint density at radius 1 is 1.48 bits per heavy atom. The van der Waals surface area contributed by atoms with Crippen molar-refractivity contribution >= 4 is 29.3 Å². The number of aromatic nitrogens is 2. The molecule has 6 heteroatoms. The second-order valence-electron chi connectivity index (χ2n) is 6.32. The molecule has 1 aliphatic rings. The van der Waals surface area contributed by atoms with E-state index in [1.807, 2.05) is 19.2 Å². The minimum atomic E-state index is 0. The molecule has 1 aromatic carbocycles. The van der Waals surface area contributed by atoms with Crippen LogP contribution in [0.1, 0.15) is 31.2 Å². The number of halogens is 1. The van der Waals surface area contributed by atoms with Gasteiger partial charge in [0.1, 0.15) is 5.82 Å². The highest BCUT2D eigenvalue weighted by molar-refractivity contribution is 5.85. The Morgan fingerprint density at radius 3 is 2.96 bits per heavy atom. The van der Waals surface area contributed by atoms with Crippen molar-refractivity contribution in [3.63, 3.8) is 0 Å². The Balaban J connectivity index is 0.00000192. The molecule has 1 aliphatic heterocycles. The van der Waals surface area contributed by atoms with Gasteiger partial charge < -0.3 is 15.2 Å². The van der Waals surface area contributed by atoms with Gasteiger partial charge in [0.05, 0.1) is 17.6 Å². The van der Waals surface area contributed by atoms with Crippen molar-refractivity contribution in [2.75, 3.05) is 6.54 Å². The number of amides is 1. The van der Waals surface area contributed by atoms with E-state index in [0.717, 1.165) is 36.2 Å². The van der Waals surface area contributed by atoms with Crippen molar-refractivity contribution in [2.45, 2.75) is 39.3 Å². The van der Waals surface area contributed by atoms with Crippen LogP contribution in [0.5, 0.6) is 0 Å². The van der Waals surface area contributed by atoms with Crippen molar-refractivity contribution in [3.05, 3.63) is 29.6 Å². The summed E-state index contributed by atoms with van der Waals surface area (Å²) in [6.07, 6.45) is 1.82. The van der Waals surface area contributed by atoms with E-state index >= 15 is 0 Å². The standard InChI is InChI=1S/C17H24N4O.ClH/c1-11-5-4-6-14-16(11)21(3)15(20-14)10-19-17(22)13-7-8-18-12(2)9-13;/h4-6,12-13,18H,7-10H2,1-3H3,(H,19,22);1H/t12-,13-;/m0./s1. The molecular formula is C17H25ClN4O. The summed E-state index contributed by atoms with van der Waals surface area (Å²) >= 11 is 0. The van der Waals surface area contributed by atoms with E-state index in [4.69, 9.17) is 0 Å². The highest BCUT2D eigenvalue weighted by atomic mass is 35.5. The summed E-state index contributed by atoms with van der Waals surface area (Å²) in [5.41, 5.74) is 3.33. The quantitative estimate of drug-likeness (QED) is 0.904. The average Bonchev–Trinajstić information content (AvgIpc) is 2.82. The number of carbonyl (C=O) groups excluding carboxylic acids is 1. The van der Waals surface area contributed by atoms with Crippen LogP contribution < -0.4 is 10.6 Å². The number of hydrogen-bond acceptors (Lipinski definition) is 3. The Morgan fingerprint density at radius 2 is 2.26 bits per heavy atom. The molecule has 5 nitrogen and oxygen atoms in total. The zero-order valence-corrected chi connectivity index (χ0v) is 14.7. The van der Waals surface area contributed by atoms with Gasteiger partial charge in [-0.25, -0.2) is 4.98 Å². The van der Waals surface area contributed by atoms with Crippen LogP contribution in [0.2, 0.25) is 0 Å². The highest BCUT2D eigenvalue weighted by Crippen LogP contribution is 2.19. The second kappa shape index (κ2) is 7.32. The summed E-state index contributed by atoms with van der Waals surface area (Å²) in [5, 5.41) is 6.44. The molecule has 0 saturated carbocycles. The lowest BCUT2D eigenvalue weighted by Crippen LogP contribution is -2.42. The van der Waals surface area contributed by atoms with E-state index in [1.165, 1.54) is 5.56 Å². The number of carbonyl (C=O) groups is 1. The van der Waals surface area contributed by atoms with E-state index in [-0.39, 0.29) is 24.2 Å². The number of aryl methyl sites for hydroxylation is 2. The third-order valence-electron chi connectivity index (χ3n) is 4.60. The second-order valence-corrected chi connectivity index (χ2v) is 6.32. The molecule has 2 atom stereocenters. The summed E-state index contributed by atoms with van der Waals surface area (Å²) in [6, 6.07) is 6.54. The molecule has 1 aromatic heterocycles. The fourth-order valence-corrected chi connectivity index (χ4v) is 3.35. The van der Waals surface area contributed by atoms with Crippen LogP contribution in [-0.2, 0) is 18.4 Å². The fourth-order valence-electron chi connectivity index (χ4n) is 3.35. The first kappa shape index (κ1) is 17.8. The molecule has 2 N–H and O–H groups in total. The summed E-state index contributed by atoms with van der Waals surface area (Å²) in [5.74, 6) is 1.17. The fraction of sp³-hybridized carbons (Fsp3) is 0.529. The van der Waals surface area contributed by atoms with Crippen LogP contribution >= 0.6 is 12.4 Å². The van der Waals surface area contributed by atoms with E-state index < -0.39 is 0 Å². The van der Waals surface area contributed by atoms with Crippen molar-refractivity contribution < 1.29 is 4.79 Å². The van der Waals surface area contributed by atoms with Crippen LogP contribution in [0.3, 0.4) is 0 Å². The predicted molar refractivity (Wildman–Crippen MR) is 94.7 cm³/mol. The van der Waals surface area contributed by atoms with Crippen molar-refractivity contribution in [1.82, 2.24) is 20.2 Å². The number of fused-ring (bicyclic) bond motifs is 1. The third-order valence-corrected chi connectivity index (χ3v) is 4.60. The van der Waals surface area contributed by atoms with Gasteiger partial charge in [-0.15, -0.1) is 12.4 Å². The normalized spacial score (nSPS) is 21.0. The minimum Gasteiger partial charge on any atom is -0.349 e. The van der Waals surface area contributed by atoms with Crippen LogP contribution in [0.25, 0.3) is 11.0 Å². The van der Waals surface area contributed by atoms with E-state index in [0.29, 0.717) is 12.6 Å². The van der Waals surface area contributed by atoms with Gasteiger partial charge in [0, 0.05) is 19.0 Å². The number of para-hydroxylation sites is 1. The highest BCUT2D eigenvalue weighted by Gasteiger charge is 2.24. The average molecular weight is 337 g/mol. The lowest BCUT2D eigenvalue weighted by Gasteiger charge is -2.27. The first-order chi connectivity index (χ1) is 10.6. The largest absolute Gasteiger partial charge is 0.349 e. The molecular weight excluding hydrogens is 312 g/mol. The molecule has 126 valence electrons. The SMILES string of the molecule is Cc1cccc2nc(CNC(=O)[C@H]3CCN[C@@H](C)C3)n(C)c12.Cl. The van der Waals surface area contributed by atoms with Gasteiger partial charge in [0.2, 0.25) is 5.91 Å². The van der Waals surface area contributed by atoms with E-state index in [9.17, 15) is 4.79 Å². The Hall–Kier alpha value is -1.59. The number of benzene rings is 1. The lowest BCUT2D eigenvalue weighted by molar-refractivity contribution is -0.126. The molecule has 1 amide bonds. The molecule has 0 radical (unpaired) electrons. The zero-order chi connectivity index (χ0) is 15.7. The Kier molecular flexibility index (Phi) is 5.65. The van der Waals surface area contributed by atoms with Crippen LogP contribution in [-0.4, -0.2) is 28.0 Å². The molecule has 1 fully saturated rings. The molecule has 1 saturated heterocycles. The number of imidazole rings is 1. The molecule has 0 bridgehead atoms. The molecule has 2 heterocycles. The number of piperidine rings is 1. The summed E-state index contributed by atoms with van der Waals surface area (Å²) < 4.78 is 2.08. The first-order valence-corrected chi connectivity index (χ1v) is 7.98. The molecule has 0 unspecified atom stereocenters. The molecule has 3 rings (SSSR count). The minimum absolute atomic E-state index is 0. The van der Waals surface area contributed by atoms with Crippen molar-refractivity contribution in [3.8, 4) is 0 Å². The zero-order valence-electron chi connectivity index (χ0n) is 13.9. The van der Waals surface area contributed by atoms with Crippen LogP contribution in [0.4, 0.5) is 0 Å². The number of nitrogens with one attached hydrogen (secondary N) is 2. The van der Waals surface area contributed by atoms with Gasteiger partial charge in [0.25, 0.3) is 0 Å². The van der Waals surface area contributed by atoms with Crippen molar-refractivity contribution in [2.24, 2.45) is 13.0 Å². The summed E-state index contributed by atoms with van der Waals surface area (Å²) in [7, 11) is 2.01. The third kappa shape index (κ3) is 3.67. The van der Waals surface area contributed by atoms with Gasteiger partial charge in [-0.3, -0.25) is 4.79 Å². The Labute approximate surface area is 143 Å². The maximum atomic E-state index is 12.3. The number of rotatable bonds is 3. The summed E-state index contributed by atoms with van der Waals surface area (Å²) in [4.78, 5) is 17.0. The Bertz CT molecular complexity index is 697. The number of hydrogen-bond donors (Lipinski definition) is 2. The number of nitrogens with zero attached hydrogens (tertiary/aromatic N) is 2. The van der Waals surface area contributed by atoms with E-state index in [1.54, 1.807) is 0 Å². The summed E-state index contributed by atoms with van der Waals surface area (Å²) in [6.45, 7) is 5.63. The maximum Gasteiger partial charge on any atom is 0.223 e. The van der Waals surface area contributed by atoms with Gasteiger partial charge in [0.15, 0.2) is 0 Å².